The van der Waals surface area contributed by atoms with Gasteiger partial charge in [0.2, 0.25) is 0 Å². The van der Waals surface area contributed by atoms with Crippen LogP contribution in [0.1, 0.15) is 12.5 Å². The van der Waals surface area contributed by atoms with Crippen LogP contribution < -0.4 is 10.1 Å². The maximum absolute atomic E-state index is 12.2. The Morgan fingerprint density at radius 2 is 2.11 bits per heavy atom. The second-order valence-electron chi connectivity index (χ2n) is 4.77. The monoisotopic (exact) mass is 282 g/mol. The molecule has 0 radical (unpaired) electrons. The van der Waals surface area contributed by atoms with E-state index in [1.54, 1.807) is 13.0 Å². The topological polar surface area (TPSA) is 41.6 Å². The summed E-state index contributed by atoms with van der Waals surface area (Å²) in [6.45, 7) is 6.86. The van der Waals surface area contributed by atoms with E-state index in [0.717, 1.165) is 31.7 Å². The number of halogens is 1. The van der Waals surface area contributed by atoms with Gasteiger partial charge in [0, 0.05) is 26.2 Å². The first kappa shape index (κ1) is 14.2. The highest BCUT2D eigenvalue weighted by Crippen LogP contribution is 2.26. The third-order valence-electron chi connectivity index (χ3n) is 3.17. The van der Waals surface area contributed by atoms with Crippen LogP contribution in [0.3, 0.4) is 0 Å². The summed E-state index contributed by atoms with van der Waals surface area (Å²) >= 11 is 6.10. The number of ether oxygens (including phenoxy) is 1. The van der Waals surface area contributed by atoms with E-state index in [9.17, 15) is 4.79 Å². The third-order valence-corrected chi connectivity index (χ3v) is 3.46. The normalized spacial score (nSPS) is 17.1. The third kappa shape index (κ3) is 3.61. The van der Waals surface area contributed by atoms with E-state index in [1.165, 1.54) is 0 Å². The molecular formula is C14H19ClN2O2. The molecule has 0 aliphatic carbocycles. The lowest BCUT2D eigenvalue weighted by Gasteiger charge is -2.29. The molecule has 1 amide bonds. The van der Waals surface area contributed by atoms with Crippen molar-refractivity contribution in [3.63, 3.8) is 0 Å². The van der Waals surface area contributed by atoms with Crippen molar-refractivity contribution in [2.24, 2.45) is 0 Å². The van der Waals surface area contributed by atoms with E-state index in [0.29, 0.717) is 10.8 Å². The van der Waals surface area contributed by atoms with Crippen molar-refractivity contribution < 1.29 is 9.53 Å². The highest BCUT2D eigenvalue weighted by molar-refractivity contribution is 6.32. The van der Waals surface area contributed by atoms with Gasteiger partial charge in [0.05, 0.1) is 5.02 Å². The summed E-state index contributed by atoms with van der Waals surface area (Å²) in [5, 5.41) is 3.76. The van der Waals surface area contributed by atoms with Crippen LogP contribution in [0.2, 0.25) is 5.02 Å². The molecule has 104 valence electrons. The fourth-order valence-corrected chi connectivity index (χ4v) is 2.36. The van der Waals surface area contributed by atoms with Crippen LogP contribution in [0.25, 0.3) is 0 Å². The van der Waals surface area contributed by atoms with Gasteiger partial charge in [0.25, 0.3) is 5.91 Å². The number of piperazine rings is 1. The number of hydrogen-bond acceptors (Lipinski definition) is 3. The molecule has 0 bridgehead atoms. The number of benzene rings is 1. The SMILES string of the molecule is Cc1ccc(O[C@@H](C)C(=O)N2CCNCC2)c(Cl)c1. The van der Waals surface area contributed by atoms with Crippen molar-refractivity contribution in [2.45, 2.75) is 20.0 Å². The van der Waals surface area contributed by atoms with Gasteiger partial charge in [-0.1, -0.05) is 17.7 Å². The molecule has 0 spiro atoms. The van der Waals surface area contributed by atoms with Crippen molar-refractivity contribution in [3.05, 3.63) is 28.8 Å². The number of rotatable bonds is 3. The number of aryl methyl sites for hydroxylation is 1. The predicted octanol–water partition coefficient (Wildman–Crippen LogP) is 1.85. The predicted molar refractivity (Wildman–Crippen MR) is 75.7 cm³/mol. The molecule has 19 heavy (non-hydrogen) atoms. The molecule has 5 heteroatoms. The lowest BCUT2D eigenvalue weighted by Crippen LogP contribution is -2.50. The highest BCUT2D eigenvalue weighted by atomic mass is 35.5. The van der Waals surface area contributed by atoms with Gasteiger partial charge in [-0.2, -0.15) is 0 Å². The van der Waals surface area contributed by atoms with E-state index in [1.807, 2.05) is 24.0 Å². The molecule has 1 aromatic carbocycles. The second kappa shape index (κ2) is 6.26. The van der Waals surface area contributed by atoms with Crippen LogP contribution in [0.15, 0.2) is 18.2 Å². The highest BCUT2D eigenvalue weighted by Gasteiger charge is 2.23. The lowest BCUT2D eigenvalue weighted by atomic mass is 10.2. The average Bonchev–Trinajstić information content (AvgIpc) is 2.42. The number of hydrogen-bond donors (Lipinski definition) is 1. The van der Waals surface area contributed by atoms with Crippen LogP contribution >= 0.6 is 11.6 Å². The summed E-state index contributed by atoms with van der Waals surface area (Å²) in [6.07, 6.45) is -0.515. The molecule has 1 fully saturated rings. The molecule has 0 unspecified atom stereocenters. The molecule has 1 heterocycles. The van der Waals surface area contributed by atoms with Crippen LogP contribution in [0, 0.1) is 6.92 Å². The number of amides is 1. The van der Waals surface area contributed by atoms with Crippen molar-refractivity contribution >= 4 is 17.5 Å². The smallest absolute Gasteiger partial charge is 0.263 e. The Kier molecular flexibility index (Phi) is 4.66. The molecule has 1 aromatic rings. The fraction of sp³-hybridized carbons (Fsp3) is 0.500. The fourth-order valence-electron chi connectivity index (χ4n) is 2.08. The molecule has 1 aliphatic heterocycles. The molecule has 1 atom stereocenters. The largest absolute Gasteiger partial charge is 0.479 e. The Morgan fingerprint density at radius 1 is 1.42 bits per heavy atom. The summed E-state index contributed by atoms with van der Waals surface area (Å²) < 4.78 is 5.67. The molecule has 0 saturated carbocycles. The zero-order valence-corrected chi connectivity index (χ0v) is 12.0. The van der Waals surface area contributed by atoms with Crippen molar-refractivity contribution in [3.8, 4) is 5.75 Å². The zero-order valence-electron chi connectivity index (χ0n) is 11.3. The van der Waals surface area contributed by atoms with Gasteiger partial charge in [-0.05, 0) is 31.5 Å². The Balaban J connectivity index is 1.99. The molecule has 4 nitrogen and oxygen atoms in total. The summed E-state index contributed by atoms with van der Waals surface area (Å²) in [5.41, 5.74) is 1.07. The number of nitrogens with zero attached hydrogens (tertiary/aromatic N) is 1. The maximum Gasteiger partial charge on any atom is 0.263 e. The zero-order chi connectivity index (χ0) is 13.8. The van der Waals surface area contributed by atoms with Crippen LogP contribution in [-0.2, 0) is 4.79 Å². The number of nitrogens with one attached hydrogen (secondary N) is 1. The van der Waals surface area contributed by atoms with Gasteiger partial charge in [-0.15, -0.1) is 0 Å². The molecule has 1 N–H and O–H groups in total. The van der Waals surface area contributed by atoms with Crippen molar-refractivity contribution in [1.29, 1.82) is 0 Å². The van der Waals surface area contributed by atoms with Gasteiger partial charge in [-0.25, -0.2) is 0 Å². The Bertz CT molecular complexity index is 459. The maximum atomic E-state index is 12.2. The quantitative estimate of drug-likeness (QED) is 0.920. The van der Waals surface area contributed by atoms with Gasteiger partial charge < -0.3 is 15.0 Å². The van der Waals surface area contributed by atoms with Crippen molar-refractivity contribution in [2.75, 3.05) is 26.2 Å². The minimum atomic E-state index is -0.515. The minimum absolute atomic E-state index is 0.0122. The average molecular weight is 283 g/mol. The first-order chi connectivity index (χ1) is 9.08. The van der Waals surface area contributed by atoms with Gasteiger partial charge in [0.15, 0.2) is 6.10 Å². The first-order valence-electron chi connectivity index (χ1n) is 6.50. The second-order valence-corrected chi connectivity index (χ2v) is 5.18. The number of carbonyl (C=O) groups excluding carboxylic acids is 1. The van der Waals surface area contributed by atoms with E-state index >= 15 is 0 Å². The minimum Gasteiger partial charge on any atom is -0.479 e. The van der Waals surface area contributed by atoms with Gasteiger partial charge in [-0.3, -0.25) is 4.79 Å². The van der Waals surface area contributed by atoms with Crippen LogP contribution in [0.4, 0.5) is 0 Å². The van der Waals surface area contributed by atoms with Gasteiger partial charge in [0.1, 0.15) is 5.75 Å². The molecule has 1 aliphatic rings. The summed E-state index contributed by atoms with van der Waals surface area (Å²) in [6, 6.07) is 5.56. The molecule has 2 rings (SSSR count). The van der Waals surface area contributed by atoms with E-state index in [4.69, 9.17) is 16.3 Å². The van der Waals surface area contributed by atoms with Crippen LogP contribution in [0.5, 0.6) is 5.75 Å². The standard InChI is InChI=1S/C14H19ClN2O2/c1-10-3-4-13(12(15)9-10)19-11(2)14(18)17-7-5-16-6-8-17/h3-4,9,11,16H,5-8H2,1-2H3/t11-/m0/s1. The first-order valence-corrected chi connectivity index (χ1v) is 6.88. The Labute approximate surface area is 118 Å². The van der Waals surface area contributed by atoms with E-state index in [-0.39, 0.29) is 5.91 Å². The van der Waals surface area contributed by atoms with Crippen molar-refractivity contribution in [1.82, 2.24) is 10.2 Å². The molecular weight excluding hydrogens is 264 g/mol. The van der Waals surface area contributed by atoms with E-state index in [2.05, 4.69) is 5.32 Å². The van der Waals surface area contributed by atoms with Crippen LogP contribution in [-0.4, -0.2) is 43.1 Å². The number of carbonyl (C=O) groups is 1. The lowest BCUT2D eigenvalue weighted by molar-refractivity contribution is -0.138. The summed E-state index contributed by atoms with van der Waals surface area (Å²) in [4.78, 5) is 14.0. The molecule has 0 aromatic heterocycles. The summed E-state index contributed by atoms with van der Waals surface area (Å²) in [7, 11) is 0. The van der Waals surface area contributed by atoms with Gasteiger partial charge >= 0.3 is 0 Å². The summed E-state index contributed by atoms with van der Waals surface area (Å²) in [5.74, 6) is 0.571. The van der Waals surface area contributed by atoms with E-state index < -0.39 is 6.10 Å². The Morgan fingerprint density at radius 3 is 2.74 bits per heavy atom. The molecule has 1 saturated heterocycles. The Hall–Kier alpha value is -1.26.